The van der Waals surface area contributed by atoms with Crippen molar-refractivity contribution in [3.63, 3.8) is 0 Å². The van der Waals surface area contributed by atoms with E-state index in [0.29, 0.717) is 12.0 Å². The molecule has 0 amide bonds. The predicted octanol–water partition coefficient (Wildman–Crippen LogP) is 1.86. The fourth-order valence-electron chi connectivity index (χ4n) is 3.03. The lowest BCUT2D eigenvalue weighted by Gasteiger charge is -2.22. The van der Waals surface area contributed by atoms with Crippen molar-refractivity contribution < 1.29 is 4.74 Å². The SMILES string of the molecule is CCOC(CCNC(=NC)NCCN1CCCN(C)CC1)C(C)C.I. The fraction of sp³-hybridized carbons (Fsp3) is 0.944. The van der Waals surface area contributed by atoms with E-state index in [1.807, 2.05) is 7.05 Å². The Hall–Kier alpha value is -0.120. The van der Waals surface area contributed by atoms with Crippen LogP contribution in [0, 0.1) is 5.92 Å². The normalized spacial score (nSPS) is 18.6. The van der Waals surface area contributed by atoms with E-state index in [1.165, 1.54) is 26.1 Å². The Morgan fingerprint density at radius 3 is 2.48 bits per heavy atom. The lowest BCUT2D eigenvalue weighted by atomic mass is 10.0. The zero-order chi connectivity index (χ0) is 17.8. The van der Waals surface area contributed by atoms with Gasteiger partial charge < -0.3 is 25.2 Å². The topological polar surface area (TPSA) is 52.1 Å². The number of guanidine groups is 1. The molecule has 0 aromatic carbocycles. The third-order valence-electron chi connectivity index (χ3n) is 4.60. The van der Waals surface area contributed by atoms with E-state index >= 15 is 0 Å². The average Bonchev–Trinajstić information content (AvgIpc) is 2.76. The molecule has 0 saturated carbocycles. The molecule has 0 aromatic heterocycles. The number of rotatable bonds is 9. The second-order valence-corrected chi connectivity index (χ2v) is 6.95. The summed E-state index contributed by atoms with van der Waals surface area (Å²) in [7, 11) is 4.04. The van der Waals surface area contributed by atoms with Gasteiger partial charge in [-0.25, -0.2) is 0 Å². The summed E-state index contributed by atoms with van der Waals surface area (Å²) in [5.41, 5.74) is 0. The molecule has 2 N–H and O–H groups in total. The Kier molecular flexibility index (Phi) is 14.9. The minimum Gasteiger partial charge on any atom is -0.378 e. The van der Waals surface area contributed by atoms with Gasteiger partial charge in [-0.15, -0.1) is 24.0 Å². The zero-order valence-corrected chi connectivity index (χ0v) is 19.2. The maximum absolute atomic E-state index is 5.79. The monoisotopic (exact) mass is 469 g/mol. The number of nitrogens with zero attached hydrogens (tertiary/aromatic N) is 3. The zero-order valence-electron chi connectivity index (χ0n) is 16.9. The highest BCUT2D eigenvalue weighted by Crippen LogP contribution is 2.09. The molecule has 1 aliphatic rings. The third kappa shape index (κ3) is 11.2. The quantitative estimate of drug-likeness (QED) is 0.307. The summed E-state index contributed by atoms with van der Waals surface area (Å²) in [6.07, 6.45) is 2.58. The first-order chi connectivity index (χ1) is 11.6. The van der Waals surface area contributed by atoms with Crippen LogP contribution in [0.3, 0.4) is 0 Å². The van der Waals surface area contributed by atoms with E-state index in [9.17, 15) is 0 Å². The van der Waals surface area contributed by atoms with E-state index in [4.69, 9.17) is 4.74 Å². The number of aliphatic imine (C=N–C) groups is 1. The summed E-state index contributed by atoms with van der Waals surface area (Å²) in [4.78, 5) is 9.27. The van der Waals surface area contributed by atoms with Gasteiger partial charge in [-0.1, -0.05) is 13.8 Å². The molecule has 1 atom stereocenters. The van der Waals surface area contributed by atoms with Crippen molar-refractivity contribution in [2.75, 3.05) is 66.5 Å². The molecule has 1 fully saturated rings. The van der Waals surface area contributed by atoms with Gasteiger partial charge in [0.1, 0.15) is 0 Å². The van der Waals surface area contributed by atoms with Crippen LogP contribution in [-0.4, -0.2) is 88.4 Å². The van der Waals surface area contributed by atoms with Crippen molar-refractivity contribution in [3.8, 4) is 0 Å². The summed E-state index contributed by atoms with van der Waals surface area (Å²) >= 11 is 0. The van der Waals surface area contributed by atoms with Gasteiger partial charge in [-0.2, -0.15) is 0 Å². The van der Waals surface area contributed by atoms with Crippen LogP contribution in [0.15, 0.2) is 4.99 Å². The van der Waals surface area contributed by atoms with E-state index in [1.54, 1.807) is 0 Å². The maximum Gasteiger partial charge on any atom is 0.191 e. The van der Waals surface area contributed by atoms with Crippen LogP contribution in [0.2, 0.25) is 0 Å². The Morgan fingerprint density at radius 2 is 1.84 bits per heavy atom. The molecule has 1 unspecified atom stereocenters. The lowest BCUT2D eigenvalue weighted by molar-refractivity contribution is 0.0258. The van der Waals surface area contributed by atoms with E-state index < -0.39 is 0 Å². The number of ether oxygens (including phenoxy) is 1. The highest BCUT2D eigenvalue weighted by Gasteiger charge is 2.13. The van der Waals surface area contributed by atoms with Gasteiger partial charge in [-0.3, -0.25) is 4.99 Å². The van der Waals surface area contributed by atoms with Crippen molar-refractivity contribution in [2.24, 2.45) is 10.9 Å². The molecule has 6 nitrogen and oxygen atoms in total. The van der Waals surface area contributed by atoms with Crippen LogP contribution in [0.1, 0.15) is 33.6 Å². The summed E-state index contributed by atoms with van der Waals surface area (Å²) in [5.74, 6) is 1.43. The molecule has 0 spiro atoms. The van der Waals surface area contributed by atoms with Crippen LogP contribution in [0.25, 0.3) is 0 Å². The molecule has 0 radical (unpaired) electrons. The summed E-state index contributed by atoms with van der Waals surface area (Å²) in [6, 6.07) is 0. The van der Waals surface area contributed by atoms with Gasteiger partial charge in [0.2, 0.25) is 0 Å². The van der Waals surface area contributed by atoms with Gasteiger partial charge >= 0.3 is 0 Å². The number of hydrogen-bond acceptors (Lipinski definition) is 4. The summed E-state index contributed by atoms with van der Waals surface area (Å²) < 4.78 is 5.79. The van der Waals surface area contributed by atoms with Crippen molar-refractivity contribution in [2.45, 2.75) is 39.7 Å². The van der Waals surface area contributed by atoms with Gasteiger partial charge in [0.25, 0.3) is 0 Å². The maximum atomic E-state index is 5.79. The highest BCUT2D eigenvalue weighted by molar-refractivity contribution is 14.0. The Bertz CT molecular complexity index is 354. The summed E-state index contributed by atoms with van der Waals surface area (Å²) in [6.45, 7) is 14.9. The van der Waals surface area contributed by atoms with Crippen molar-refractivity contribution in [3.05, 3.63) is 0 Å². The molecular weight excluding hydrogens is 429 g/mol. The van der Waals surface area contributed by atoms with Gasteiger partial charge in [0.15, 0.2) is 5.96 Å². The second kappa shape index (κ2) is 15.0. The van der Waals surface area contributed by atoms with Gasteiger partial charge in [-0.05, 0) is 45.8 Å². The van der Waals surface area contributed by atoms with Crippen molar-refractivity contribution >= 4 is 29.9 Å². The number of likely N-dealkylation sites (N-methyl/N-ethyl adjacent to an activating group) is 1. The Labute approximate surface area is 172 Å². The first kappa shape index (κ1) is 24.9. The van der Waals surface area contributed by atoms with Gasteiger partial charge in [0, 0.05) is 46.4 Å². The number of hydrogen-bond donors (Lipinski definition) is 2. The molecule has 1 aliphatic heterocycles. The highest BCUT2D eigenvalue weighted by atomic mass is 127. The minimum atomic E-state index is 0. The second-order valence-electron chi connectivity index (χ2n) is 6.95. The smallest absolute Gasteiger partial charge is 0.191 e. The van der Waals surface area contributed by atoms with E-state index in [0.717, 1.165) is 45.2 Å². The largest absolute Gasteiger partial charge is 0.378 e. The fourth-order valence-corrected chi connectivity index (χ4v) is 3.03. The van der Waals surface area contributed by atoms with E-state index in [2.05, 4.69) is 53.2 Å². The van der Waals surface area contributed by atoms with Crippen LogP contribution >= 0.6 is 24.0 Å². The van der Waals surface area contributed by atoms with Crippen LogP contribution < -0.4 is 10.6 Å². The minimum absolute atomic E-state index is 0. The molecule has 25 heavy (non-hydrogen) atoms. The third-order valence-corrected chi connectivity index (χ3v) is 4.60. The van der Waals surface area contributed by atoms with E-state index in [-0.39, 0.29) is 24.0 Å². The molecule has 150 valence electrons. The molecule has 0 bridgehead atoms. The van der Waals surface area contributed by atoms with Crippen molar-refractivity contribution in [1.29, 1.82) is 0 Å². The molecule has 1 saturated heterocycles. The Balaban J connectivity index is 0.00000576. The molecular formula is C18H40IN5O. The van der Waals surface area contributed by atoms with Crippen LogP contribution in [0.4, 0.5) is 0 Å². The van der Waals surface area contributed by atoms with Crippen LogP contribution in [-0.2, 0) is 4.74 Å². The van der Waals surface area contributed by atoms with Crippen LogP contribution in [0.5, 0.6) is 0 Å². The summed E-state index contributed by atoms with van der Waals surface area (Å²) in [5, 5.41) is 6.83. The molecule has 1 heterocycles. The van der Waals surface area contributed by atoms with Crippen molar-refractivity contribution in [1.82, 2.24) is 20.4 Å². The standard InChI is InChI=1S/C18H39N5O.HI/c1-6-24-17(16(2)3)8-9-20-18(19-4)21-10-13-23-12-7-11-22(5)14-15-23;/h16-17H,6-15H2,1-5H3,(H2,19,20,21);1H. The van der Waals surface area contributed by atoms with Gasteiger partial charge in [0.05, 0.1) is 6.10 Å². The number of halogens is 1. The first-order valence-corrected chi connectivity index (χ1v) is 9.53. The molecule has 0 aromatic rings. The first-order valence-electron chi connectivity index (χ1n) is 9.53. The average molecular weight is 469 g/mol. The lowest BCUT2D eigenvalue weighted by Crippen LogP contribution is -2.43. The molecule has 7 heteroatoms. The molecule has 1 rings (SSSR count). The Morgan fingerprint density at radius 1 is 1.12 bits per heavy atom. The number of nitrogens with one attached hydrogen (secondary N) is 2. The molecule has 0 aliphatic carbocycles. The predicted molar refractivity (Wildman–Crippen MR) is 118 cm³/mol.